The lowest BCUT2D eigenvalue weighted by Gasteiger charge is -2.19. The molecule has 3 nitrogen and oxygen atoms in total. The smallest absolute Gasteiger partial charge is 0.184 e. The molecule has 2 N–H and O–H groups in total. The van der Waals surface area contributed by atoms with E-state index >= 15 is 0 Å². The van der Waals surface area contributed by atoms with E-state index in [0.717, 1.165) is 16.6 Å². The zero-order valence-electron chi connectivity index (χ0n) is 12.1. The van der Waals surface area contributed by atoms with E-state index in [9.17, 15) is 0 Å². The second-order valence-corrected chi connectivity index (χ2v) is 5.81. The third-order valence-corrected chi connectivity index (χ3v) is 4.17. The van der Waals surface area contributed by atoms with E-state index in [4.69, 9.17) is 0 Å². The minimum absolute atomic E-state index is 0.841. The Labute approximate surface area is 129 Å². The predicted octanol–water partition coefficient (Wildman–Crippen LogP) is 4.13. The van der Waals surface area contributed by atoms with Crippen molar-refractivity contribution in [1.29, 1.82) is 0 Å². The largest absolute Gasteiger partial charge is 0.298 e. The first-order valence-corrected chi connectivity index (χ1v) is 7.70. The maximum atomic E-state index is 4.54. The van der Waals surface area contributed by atoms with Crippen LogP contribution in [0.5, 0.6) is 0 Å². The number of thioether (sulfide) groups is 1. The molecule has 2 aromatic carbocycles. The van der Waals surface area contributed by atoms with Gasteiger partial charge in [0.2, 0.25) is 0 Å². The third-order valence-electron chi connectivity index (χ3n) is 3.40. The molecule has 1 aliphatic heterocycles. The van der Waals surface area contributed by atoms with Crippen molar-refractivity contribution in [2.45, 2.75) is 13.8 Å². The maximum absolute atomic E-state index is 4.54. The molecule has 0 radical (unpaired) electrons. The van der Waals surface area contributed by atoms with Gasteiger partial charge in [0, 0.05) is 11.0 Å². The number of aliphatic imine (C=N–C) groups is 1. The van der Waals surface area contributed by atoms with Gasteiger partial charge in [-0.15, -0.1) is 0 Å². The number of nitrogens with one attached hydrogen (secondary N) is 2. The van der Waals surface area contributed by atoms with Crippen LogP contribution >= 0.6 is 11.8 Å². The summed E-state index contributed by atoms with van der Waals surface area (Å²) in [6, 6.07) is 16.4. The number of aryl methyl sites for hydroxylation is 2. The van der Waals surface area contributed by atoms with Crippen molar-refractivity contribution < 1.29 is 0 Å². The van der Waals surface area contributed by atoms with Gasteiger partial charge in [0.25, 0.3) is 0 Å². The Morgan fingerprint density at radius 1 is 0.905 bits per heavy atom. The Hall–Kier alpha value is -2.20. The van der Waals surface area contributed by atoms with Gasteiger partial charge in [0.1, 0.15) is 0 Å². The van der Waals surface area contributed by atoms with Gasteiger partial charge < -0.3 is 0 Å². The average molecular weight is 295 g/mol. The summed E-state index contributed by atoms with van der Waals surface area (Å²) in [6.45, 7) is 4.25. The highest BCUT2D eigenvalue weighted by molar-refractivity contribution is 8.16. The molecule has 1 heterocycles. The molecule has 0 saturated carbocycles. The number of nitrogens with zero attached hydrogens (tertiary/aromatic N) is 1. The van der Waals surface area contributed by atoms with Gasteiger partial charge in [0.05, 0.1) is 11.4 Å². The SMILES string of the molecule is Cc1ccc(C2=CSC(=Nc3ccccc3)NN2)cc1C. The van der Waals surface area contributed by atoms with Crippen LogP contribution in [0.2, 0.25) is 0 Å². The normalized spacial score (nSPS) is 16.1. The Bertz CT molecular complexity index is 705. The fraction of sp³-hybridized carbons (Fsp3) is 0.118. The van der Waals surface area contributed by atoms with Gasteiger partial charge in [-0.1, -0.05) is 42.1 Å². The summed E-state index contributed by atoms with van der Waals surface area (Å²) < 4.78 is 0. The van der Waals surface area contributed by atoms with Gasteiger partial charge in [0.15, 0.2) is 5.17 Å². The summed E-state index contributed by atoms with van der Waals surface area (Å²) in [5.41, 5.74) is 12.1. The molecule has 106 valence electrons. The summed E-state index contributed by atoms with van der Waals surface area (Å²) in [7, 11) is 0. The third kappa shape index (κ3) is 3.28. The van der Waals surface area contributed by atoms with Crippen LogP contribution in [-0.2, 0) is 0 Å². The number of para-hydroxylation sites is 1. The first-order chi connectivity index (χ1) is 10.2. The second-order valence-electron chi connectivity index (χ2n) is 4.95. The van der Waals surface area contributed by atoms with Crippen molar-refractivity contribution in [2.75, 3.05) is 0 Å². The maximum Gasteiger partial charge on any atom is 0.184 e. The zero-order valence-corrected chi connectivity index (χ0v) is 12.9. The summed E-state index contributed by atoms with van der Waals surface area (Å²) in [5, 5.41) is 2.93. The molecule has 0 aromatic heterocycles. The van der Waals surface area contributed by atoms with E-state index in [-0.39, 0.29) is 0 Å². The van der Waals surface area contributed by atoms with E-state index in [1.54, 1.807) is 11.8 Å². The zero-order chi connectivity index (χ0) is 14.7. The Morgan fingerprint density at radius 2 is 1.71 bits per heavy atom. The van der Waals surface area contributed by atoms with Crippen LogP contribution < -0.4 is 10.9 Å². The standard InChI is InChI=1S/C17H17N3S/c1-12-8-9-14(10-13(12)2)16-11-21-17(20-19-16)18-15-6-4-3-5-7-15/h3-11,19H,1-2H3,(H,18,20). The Kier molecular flexibility index (Phi) is 3.97. The number of hydrogen-bond acceptors (Lipinski definition) is 3. The van der Waals surface area contributed by atoms with Crippen molar-refractivity contribution in [3.8, 4) is 0 Å². The molecule has 0 amide bonds. The van der Waals surface area contributed by atoms with Crippen molar-refractivity contribution in [3.05, 3.63) is 70.6 Å². The number of hydrogen-bond donors (Lipinski definition) is 2. The lowest BCUT2D eigenvalue weighted by molar-refractivity contribution is 0.848. The fourth-order valence-corrected chi connectivity index (χ4v) is 2.71. The lowest BCUT2D eigenvalue weighted by Crippen LogP contribution is -2.36. The van der Waals surface area contributed by atoms with Crippen LogP contribution in [0.4, 0.5) is 5.69 Å². The van der Waals surface area contributed by atoms with Gasteiger partial charge in [-0.3, -0.25) is 10.9 Å². The molecule has 0 bridgehead atoms. The quantitative estimate of drug-likeness (QED) is 0.874. The van der Waals surface area contributed by atoms with Gasteiger partial charge in [-0.2, -0.15) is 0 Å². The monoisotopic (exact) mass is 295 g/mol. The van der Waals surface area contributed by atoms with Crippen LogP contribution in [0.1, 0.15) is 16.7 Å². The van der Waals surface area contributed by atoms with Gasteiger partial charge in [-0.05, 0) is 43.2 Å². The molecule has 0 unspecified atom stereocenters. The molecule has 0 saturated heterocycles. The van der Waals surface area contributed by atoms with Crippen LogP contribution in [0.25, 0.3) is 5.70 Å². The lowest BCUT2D eigenvalue weighted by atomic mass is 10.1. The van der Waals surface area contributed by atoms with Crippen molar-refractivity contribution >= 4 is 28.3 Å². The first-order valence-electron chi connectivity index (χ1n) is 6.82. The molecule has 3 rings (SSSR count). The summed E-state index contributed by atoms with van der Waals surface area (Å²) >= 11 is 1.59. The molecule has 0 fully saturated rings. The van der Waals surface area contributed by atoms with Crippen LogP contribution in [-0.4, -0.2) is 5.17 Å². The van der Waals surface area contributed by atoms with E-state index in [1.807, 2.05) is 30.3 Å². The number of rotatable bonds is 2. The van der Waals surface area contributed by atoms with Gasteiger partial charge in [-0.25, -0.2) is 4.99 Å². The highest BCUT2D eigenvalue weighted by Gasteiger charge is 2.10. The molecule has 0 spiro atoms. The molecule has 1 aliphatic rings. The molecular formula is C17H17N3S. The predicted molar refractivity (Wildman–Crippen MR) is 91.3 cm³/mol. The molecule has 0 aliphatic carbocycles. The number of benzene rings is 2. The second kappa shape index (κ2) is 6.06. The van der Waals surface area contributed by atoms with Gasteiger partial charge >= 0.3 is 0 Å². The topological polar surface area (TPSA) is 36.4 Å². The molecule has 2 aromatic rings. The van der Waals surface area contributed by atoms with Crippen molar-refractivity contribution in [1.82, 2.24) is 10.9 Å². The van der Waals surface area contributed by atoms with Crippen molar-refractivity contribution in [3.63, 3.8) is 0 Å². The average Bonchev–Trinajstić information content (AvgIpc) is 2.52. The van der Waals surface area contributed by atoms with E-state index in [0.29, 0.717) is 0 Å². The minimum atomic E-state index is 0.841. The molecule has 21 heavy (non-hydrogen) atoms. The van der Waals surface area contributed by atoms with Crippen LogP contribution in [0.3, 0.4) is 0 Å². The molecular weight excluding hydrogens is 278 g/mol. The first kappa shape index (κ1) is 13.8. The summed E-state index contributed by atoms with van der Waals surface area (Å²) in [4.78, 5) is 4.54. The fourth-order valence-electron chi connectivity index (χ4n) is 2.02. The van der Waals surface area contributed by atoms with E-state index < -0.39 is 0 Å². The highest BCUT2D eigenvalue weighted by Crippen LogP contribution is 2.23. The Morgan fingerprint density at radius 3 is 2.38 bits per heavy atom. The summed E-state index contributed by atoms with van der Waals surface area (Å²) in [6.07, 6.45) is 0. The van der Waals surface area contributed by atoms with Crippen LogP contribution in [0, 0.1) is 13.8 Å². The molecule has 4 heteroatoms. The van der Waals surface area contributed by atoms with E-state index in [1.165, 1.54) is 16.7 Å². The number of amidine groups is 1. The highest BCUT2D eigenvalue weighted by atomic mass is 32.2. The number of hydrazine groups is 1. The van der Waals surface area contributed by atoms with Crippen LogP contribution in [0.15, 0.2) is 58.9 Å². The van der Waals surface area contributed by atoms with E-state index in [2.05, 4.69) is 53.3 Å². The Balaban J connectivity index is 1.77. The summed E-state index contributed by atoms with van der Waals surface area (Å²) in [5.74, 6) is 0. The minimum Gasteiger partial charge on any atom is -0.298 e. The van der Waals surface area contributed by atoms with Crippen molar-refractivity contribution in [2.24, 2.45) is 4.99 Å². The molecule has 0 atom stereocenters.